The Morgan fingerprint density at radius 3 is 2.77 bits per heavy atom. The minimum absolute atomic E-state index is 0.0619. The van der Waals surface area contributed by atoms with Crippen molar-refractivity contribution in [3.05, 3.63) is 11.9 Å². The SMILES string of the molecule is Nc1nc(NC2CC2)c2ncn(/C=C3\CC3(CO)CO)c2n1. The van der Waals surface area contributed by atoms with E-state index in [1.807, 2.05) is 6.20 Å². The van der Waals surface area contributed by atoms with Gasteiger partial charge in [-0.15, -0.1) is 0 Å². The van der Waals surface area contributed by atoms with Gasteiger partial charge in [0.25, 0.3) is 0 Å². The first kappa shape index (κ1) is 13.5. The first-order valence-electron chi connectivity index (χ1n) is 7.35. The lowest BCUT2D eigenvalue weighted by Gasteiger charge is -2.06. The van der Waals surface area contributed by atoms with Crippen LogP contribution < -0.4 is 11.1 Å². The number of rotatable bonds is 5. The summed E-state index contributed by atoms with van der Waals surface area (Å²) in [5, 5.41) is 22.1. The predicted octanol–water partition coefficient (Wildman–Crippen LogP) is 0.198. The summed E-state index contributed by atoms with van der Waals surface area (Å²) >= 11 is 0. The van der Waals surface area contributed by atoms with E-state index in [2.05, 4.69) is 20.3 Å². The van der Waals surface area contributed by atoms with Gasteiger partial charge in [0.2, 0.25) is 5.95 Å². The van der Waals surface area contributed by atoms with Crippen LogP contribution in [0.1, 0.15) is 19.3 Å². The Balaban J connectivity index is 1.74. The molecule has 2 aliphatic rings. The molecule has 0 bridgehead atoms. The van der Waals surface area contributed by atoms with E-state index < -0.39 is 5.41 Å². The van der Waals surface area contributed by atoms with Gasteiger partial charge in [-0.05, 0) is 24.8 Å². The molecule has 4 rings (SSSR count). The fraction of sp³-hybridized carbons (Fsp3) is 0.500. The van der Waals surface area contributed by atoms with Crippen LogP contribution in [0.25, 0.3) is 17.4 Å². The van der Waals surface area contributed by atoms with E-state index in [0.717, 1.165) is 18.4 Å². The number of fused-ring (bicyclic) bond motifs is 1. The van der Waals surface area contributed by atoms with Crippen molar-refractivity contribution in [3.8, 4) is 0 Å². The molecule has 2 saturated carbocycles. The van der Waals surface area contributed by atoms with Crippen LogP contribution >= 0.6 is 0 Å². The molecule has 0 amide bonds. The molecule has 0 unspecified atom stereocenters. The Labute approximate surface area is 126 Å². The quantitative estimate of drug-likeness (QED) is 0.622. The Bertz CT molecular complexity index is 760. The van der Waals surface area contributed by atoms with Crippen LogP contribution in [0.3, 0.4) is 0 Å². The highest BCUT2D eigenvalue weighted by molar-refractivity contribution is 5.85. The number of hydrogen-bond donors (Lipinski definition) is 4. The van der Waals surface area contributed by atoms with Gasteiger partial charge >= 0.3 is 0 Å². The molecule has 8 heteroatoms. The van der Waals surface area contributed by atoms with E-state index in [4.69, 9.17) is 5.73 Å². The van der Waals surface area contributed by atoms with Crippen LogP contribution in [0, 0.1) is 5.41 Å². The average Bonchev–Trinajstić information content (AvgIpc) is 3.40. The number of aliphatic hydroxyl groups excluding tert-OH is 2. The van der Waals surface area contributed by atoms with Gasteiger partial charge in [-0.2, -0.15) is 9.97 Å². The number of nitrogens with two attached hydrogens (primary N) is 1. The second-order valence-corrected chi connectivity index (χ2v) is 6.10. The number of nitrogens with zero attached hydrogens (tertiary/aromatic N) is 4. The molecule has 2 aromatic heterocycles. The molecule has 2 aliphatic carbocycles. The van der Waals surface area contributed by atoms with Gasteiger partial charge in [0, 0.05) is 17.7 Å². The van der Waals surface area contributed by atoms with Gasteiger partial charge in [-0.3, -0.25) is 4.57 Å². The molecule has 0 aliphatic heterocycles. The van der Waals surface area contributed by atoms with E-state index in [1.165, 1.54) is 0 Å². The highest BCUT2D eigenvalue weighted by Crippen LogP contribution is 2.51. The fourth-order valence-corrected chi connectivity index (χ4v) is 2.59. The van der Waals surface area contributed by atoms with E-state index in [-0.39, 0.29) is 19.2 Å². The standard InChI is InChI=1S/C14H18N6O2/c15-13-18-11(17-9-1-2-9)10-12(19-13)20(7-16-10)4-8-3-14(8,5-21)6-22/h4,7,9,21-22H,1-3,5-6H2,(H3,15,17,18,19)/b8-4+. The zero-order chi connectivity index (χ0) is 15.3. The lowest BCUT2D eigenvalue weighted by Crippen LogP contribution is -2.12. The van der Waals surface area contributed by atoms with Crippen molar-refractivity contribution in [1.29, 1.82) is 0 Å². The zero-order valence-electron chi connectivity index (χ0n) is 12.0. The number of imidazole rings is 1. The van der Waals surface area contributed by atoms with Gasteiger partial charge in [-0.1, -0.05) is 0 Å². The van der Waals surface area contributed by atoms with E-state index in [1.54, 1.807) is 10.9 Å². The maximum Gasteiger partial charge on any atom is 0.224 e. The maximum absolute atomic E-state index is 9.38. The molecule has 8 nitrogen and oxygen atoms in total. The number of nitrogens with one attached hydrogen (secondary N) is 1. The van der Waals surface area contributed by atoms with Crippen LogP contribution in [0.15, 0.2) is 11.9 Å². The van der Waals surface area contributed by atoms with Crippen LogP contribution in [0.2, 0.25) is 0 Å². The van der Waals surface area contributed by atoms with E-state index in [0.29, 0.717) is 29.4 Å². The molecular weight excluding hydrogens is 284 g/mol. The first-order valence-corrected chi connectivity index (χ1v) is 7.35. The van der Waals surface area contributed by atoms with Crippen molar-refractivity contribution < 1.29 is 10.2 Å². The summed E-state index contributed by atoms with van der Waals surface area (Å²) < 4.78 is 1.77. The third kappa shape index (κ3) is 2.11. The zero-order valence-corrected chi connectivity index (χ0v) is 12.0. The van der Waals surface area contributed by atoms with Crippen molar-refractivity contribution in [2.45, 2.75) is 25.3 Å². The highest BCUT2D eigenvalue weighted by atomic mass is 16.3. The molecule has 2 fully saturated rings. The summed E-state index contributed by atoms with van der Waals surface area (Å²) in [4.78, 5) is 12.9. The minimum atomic E-state index is -0.496. The molecule has 5 N–H and O–H groups in total. The van der Waals surface area contributed by atoms with Crippen molar-refractivity contribution >= 4 is 29.1 Å². The second kappa shape index (κ2) is 4.65. The molecule has 2 aromatic rings. The normalized spacial score (nSPS) is 21.5. The van der Waals surface area contributed by atoms with Crippen molar-refractivity contribution in [3.63, 3.8) is 0 Å². The van der Waals surface area contributed by atoms with Crippen LogP contribution in [0.4, 0.5) is 11.8 Å². The summed E-state index contributed by atoms with van der Waals surface area (Å²) in [6.45, 7) is -0.124. The summed E-state index contributed by atoms with van der Waals surface area (Å²) in [6.07, 6.45) is 6.45. The van der Waals surface area contributed by atoms with E-state index in [9.17, 15) is 10.2 Å². The molecule has 0 aromatic carbocycles. The monoisotopic (exact) mass is 302 g/mol. The third-order valence-corrected chi connectivity index (χ3v) is 4.34. The number of hydrogen-bond acceptors (Lipinski definition) is 7. The largest absolute Gasteiger partial charge is 0.395 e. The number of aliphatic hydroxyl groups is 2. The number of nitrogen functional groups attached to an aromatic ring is 1. The predicted molar refractivity (Wildman–Crippen MR) is 81.9 cm³/mol. The highest BCUT2D eigenvalue weighted by Gasteiger charge is 2.48. The van der Waals surface area contributed by atoms with Gasteiger partial charge in [-0.25, -0.2) is 4.98 Å². The van der Waals surface area contributed by atoms with Gasteiger partial charge in [0.1, 0.15) is 6.33 Å². The molecule has 2 heterocycles. The first-order chi connectivity index (χ1) is 10.6. The summed E-state index contributed by atoms with van der Waals surface area (Å²) in [5.41, 5.74) is 7.58. The average molecular weight is 302 g/mol. The second-order valence-electron chi connectivity index (χ2n) is 6.10. The van der Waals surface area contributed by atoms with E-state index >= 15 is 0 Å². The van der Waals surface area contributed by atoms with Crippen molar-refractivity contribution in [2.24, 2.45) is 5.41 Å². The lowest BCUT2D eigenvalue weighted by atomic mass is 10.1. The third-order valence-electron chi connectivity index (χ3n) is 4.34. The molecular formula is C14H18N6O2. The van der Waals surface area contributed by atoms with Crippen LogP contribution in [-0.4, -0.2) is 49.0 Å². The van der Waals surface area contributed by atoms with Crippen molar-refractivity contribution in [2.75, 3.05) is 24.3 Å². The van der Waals surface area contributed by atoms with Gasteiger partial charge in [0.15, 0.2) is 17.0 Å². The molecule has 116 valence electrons. The van der Waals surface area contributed by atoms with Crippen LogP contribution in [0.5, 0.6) is 0 Å². The molecule has 22 heavy (non-hydrogen) atoms. The summed E-state index contributed by atoms with van der Waals surface area (Å²) in [6, 6.07) is 0.445. The minimum Gasteiger partial charge on any atom is -0.395 e. The maximum atomic E-state index is 9.38. The molecule has 0 spiro atoms. The summed E-state index contributed by atoms with van der Waals surface area (Å²) in [7, 11) is 0. The molecule has 0 saturated heterocycles. The van der Waals surface area contributed by atoms with Crippen molar-refractivity contribution in [1.82, 2.24) is 19.5 Å². The smallest absolute Gasteiger partial charge is 0.224 e. The number of aromatic nitrogens is 4. The molecule has 0 radical (unpaired) electrons. The van der Waals surface area contributed by atoms with Gasteiger partial charge < -0.3 is 21.3 Å². The number of anilines is 2. The Morgan fingerprint density at radius 2 is 2.14 bits per heavy atom. The Kier molecular flexibility index (Phi) is 2.85. The summed E-state index contributed by atoms with van der Waals surface area (Å²) in [5.74, 6) is 0.857. The Morgan fingerprint density at radius 1 is 1.36 bits per heavy atom. The fourth-order valence-electron chi connectivity index (χ4n) is 2.59. The lowest BCUT2D eigenvalue weighted by molar-refractivity contribution is 0.143. The Hall–Kier alpha value is -2.19. The van der Waals surface area contributed by atoms with Crippen LogP contribution in [-0.2, 0) is 0 Å². The van der Waals surface area contributed by atoms with Gasteiger partial charge in [0.05, 0.1) is 13.2 Å². The topological polar surface area (TPSA) is 122 Å². The molecule has 0 atom stereocenters.